The number of anilines is 1. The first kappa shape index (κ1) is 43.2. The molecule has 5 atom stereocenters. The van der Waals surface area contributed by atoms with Crippen molar-refractivity contribution in [1.29, 1.82) is 0 Å². The van der Waals surface area contributed by atoms with E-state index in [0.29, 0.717) is 37.1 Å². The molecule has 18 heteroatoms. The molecule has 0 bridgehead atoms. The van der Waals surface area contributed by atoms with Gasteiger partial charge in [0.05, 0.1) is 18.7 Å². The third kappa shape index (κ3) is 10.9. The minimum atomic E-state index is -10.2. The van der Waals surface area contributed by atoms with Crippen molar-refractivity contribution in [2.75, 3.05) is 25.1 Å². The van der Waals surface area contributed by atoms with E-state index in [-0.39, 0.29) is 43.0 Å². The Labute approximate surface area is 328 Å². The molecule has 2 fully saturated rings. The molecular weight excluding hydrogens is 778 g/mol. The zero-order valence-electron chi connectivity index (χ0n) is 32.3. The molecule has 4 amide bonds. The normalized spacial score (nSPS) is 21.1. The molecule has 5 rings (SSSR count). The lowest BCUT2D eigenvalue weighted by Crippen LogP contribution is -2.57. The number of amides is 4. The van der Waals surface area contributed by atoms with Crippen LogP contribution < -0.4 is 10.2 Å². The molecule has 3 unspecified atom stereocenters. The van der Waals surface area contributed by atoms with E-state index in [4.69, 9.17) is 14.2 Å². The number of hydrogen-bond acceptors (Lipinski definition) is 8. The average Bonchev–Trinajstić information content (AvgIpc) is 3.60. The van der Waals surface area contributed by atoms with Gasteiger partial charge >= 0.3 is 22.4 Å². The number of aromatic nitrogens is 1. The van der Waals surface area contributed by atoms with Gasteiger partial charge in [0.2, 0.25) is 5.91 Å². The predicted molar refractivity (Wildman–Crippen MR) is 203 cm³/mol. The molecule has 0 spiro atoms. The van der Waals surface area contributed by atoms with Crippen LogP contribution in [0.15, 0.2) is 84.0 Å². The van der Waals surface area contributed by atoms with Gasteiger partial charge in [0.1, 0.15) is 29.2 Å². The number of hydrogen-bond donors (Lipinski definition) is 1. The van der Waals surface area contributed by atoms with Crippen molar-refractivity contribution in [2.24, 2.45) is 0 Å². The molecule has 1 N–H and O–H groups in total. The molecule has 0 saturated carbocycles. The molecule has 2 aromatic carbocycles. The summed E-state index contributed by atoms with van der Waals surface area (Å²) in [6, 6.07) is 9.02. The van der Waals surface area contributed by atoms with Gasteiger partial charge in [-0.25, -0.2) is 9.59 Å². The standard InChI is InChI=1S/C39H48F5N5O7S/c1-26(32-15-9-10-21-47(32)38(53)56-39(2,3)4)46-35(50)34(28-14-11-20-45-23-28)49(29-16-18-31(19-17-29)57(40,41,42,43)44)36(51)33-22-30(54-5)24-48(33)37(52)55-25-27-12-7-6-8-13-27/h6-8,11-14,16-20,23,26,30,32-34H,9-10,15,21-22,24-25H2,1-5H3,(H,46,50)/t26?,30-,32?,33-,34?/m1/s1. The highest BCUT2D eigenvalue weighted by Gasteiger charge is 2.65. The van der Waals surface area contributed by atoms with Crippen LogP contribution in [-0.4, -0.2) is 88.8 Å². The Hall–Kier alpha value is -4.97. The van der Waals surface area contributed by atoms with E-state index in [9.17, 15) is 38.6 Å². The SMILES string of the molecule is CO[C@@H]1C[C@H](C(=O)N(c2ccc(S(F)(F)(F)(F)F)cc2)C(C(=O)NC(C)C2CCCCN2C(=O)OC(C)(C)C)c2cccnc2)N(C(=O)OCc2ccccc2)C1. The molecule has 0 radical (unpaired) electrons. The van der Waals surface area contributed by atoms with Gasteiger partial charge in [0, 0.05) is 49.8 Å². The lowest BCUT2D eigenvalue weighted by molar-refractivity contribution is -0.129. The monoisotopic (exact) mass is 825 g/mol. The number of nitrogens with one attached hydrogen (secondary N) is 1. The summed E-state index contributed by atoms with van der Waals surface area (Å²) in [5.41, 5.74) is -0.379. The van der Waals surface area contributed by atoms with Crippen molar-refractivity contribution in [3.05, 3.63) is 90.3 Å². The lowest BCUT2D eigenvalue weighted by Gasteiger charge is -2.41. The summed E-state index contributed by atoms with van der Waals surface area (Å²) in [7, 11) is -8.78. The number of likely N-dealkylation sites (tertiary alicyclic amines) is 2. The topological polar surface area (TPSA) is 131 Å². The highest BCUT2D eigenvalue weighted by Crippen LogP contribution is 3.02. The summed E-state index contributed by atoms with van der Waals surface area (Å²) in [5.74, 6) is -1.76. The largest absolute Gasteiger partial charge is 0.445 e. The fourth-order valence-corrected chi connectivity index (χ4v) is 7.66. The number of ether oxygens (including phenoxy) is 3. The first-order valence-corrected chi connectivity index (χ1v) is 20.4. The van der Waals surface area contributed by atoms with Gasteiger partial charge in [-0.1, -0.05) is 55.8 Å². The van der Waals surface area contributed by atoms with Crippen molar-refractivity contribution in [3.63, 3.8) is 0 Å². The first-order chi connectivity index (χ1) is 26.6. The summed E-state index contributed by atoms with van der Waals surface area (Å²) in [4.78, 5) is 61.9. The molecule has 0 aliphatic carbocycles. The number of piperidine rings is 1. The van der Waals surface area contributed by atoms with E-state index in [0.717, 1.165) is 16.2 Å². The highest BCUT2D eigenvalue weighted by molar-refractivity contribution is 8.45. The second-order valence-electron chi connectivity index (χ2n) is 15.2. The van der Waals surface area contributed by atoms with Gasteiger partial charge in [0.15, 0.2) is 0 Å². The Balaban J connectivity index is 1.56. The number of carbonyl (C=O) groups excluding carboxylic acids is 4. The van der Waals surface area contributed by atoms with Crippen LogP contribution in [0, 0.1) is 0 Å². The maximum atomic E-state index is 15.0. The number of pyridine rings is 1. The Morgan fingerprint density at radius 3 is 2.21 bits per heavy atom. The second-order valence-corrected chi connectivity index (χ2v) is 17.6. The quantitative estimate of drug-likeness (QED) is 0.191. The van der Waals surface area contributed by atoms with Crippen molar-refractivity contribution in [3.8, 4) is 0 Å². The maximum Gasteiger partial charge on any atom is 0.410 e. The van der Waals surface area contributed by atoms with Crippen molar-refractivity contribution in [2.45, 2.75) is 101 Å². The second kappa shape index (κ2) is 16.1. The van der Waals surface area contributed by atoms with E-state index in [2.05, 4.69) is 10.3 Å². The molecule has 2 aliphatic heterocycles. The third-order valence-corrected chi connectivity index (χ3v) is 10.9. The predicted octanol–water partition coefficient (Wildman–Crippen LogP) is 8.53. The Morgan fingerprint density at radius 2 is 1.61 bits per heavy atom. The summed E-state index contributed by atoms with van der Waals surface area (Å²) >= 11 is 0. The van der Waals surface area contributed by atoms with Gasteiger partial charge < -0.3 is 24.4 Å². The average molecular weight is 826 g/mol. The minimum Gasteiger partial charge on any atom is -0.445 e. The van der Waals surface area contributed by atoms with Gasteiger partial charge in [-0.3, -0.25) is 24.4 Å². The van der Waals surface area contributed by atoms with E-state index in [1.54, 1.807) is 58.0 Å². The molecule has 1 aromatic heterocycles. The van der Waals surface area contributed by atoms with Crippen LogP contribution in [-0.2, 0) is 30.4 Å². The molecule has 3 heterocycles. The Morgan fingerprint density at radius 1 is 0.930 bits per heavy atom. The Kier molecular flexibility index (Phi) is 12.2. The lowest BCUT2D eigenvalue weighted by atomic mass is 9.96. The van der Waals surface area contributed by atoms with Gasteiger partial charge in [-0.2, -0.15) is 0 Å². The van der Waals surface area contributed by atoms with Gasteiger partial charge in [-0.15, -0.1) is 0 Å². The fourth-order valence-electron chi connectivity index (χ4n) is 7.01. The maximum absolute atomic E-state index is 15.0. The van der Waals surface area contributed by atoms with Crippen LogP contribution in [0.2, 0.25) is 0 Å². The number of benzene rings is 2. The molecule has 312 valence electrons. The number of carbonyl (C=O) groups is 4. The Bertz CT molecular complexity index is 1910. The summed E-state index contributed by atoms with van der Waals surface area (Å²) in [5, 5.41) is 2.90. The molecule has 2 saturated heterocycles. The molecule has 12 nitrogen and oxygen atoms in total. The van der Waals surface area contributed by atoms with E-state index in [1.165, 1.54) is 36.5 Å². The van der Waals surface area contributed by atoms with Crippen molar-refractivity contribution in [1.82, 2.24) is 20.1 Å². The van der Waals surface area contributed by atoms with Crippen molar-refractivity contribution >= 4 is 39.9 Å². The smallest absolute Gasteiger partial charge is 0.410 e. The molecular formula is C39H48F5N5O7S. The van der Waals surface area contributed by atoms with E-state index >= 15 is 0 Å². The van der Waals surface area contributed by atoms with Crippen LogP contribution in [0.4, 0.5) is 34.7 Å². The number of nitrogens with zero attached hydrogens (tertiary/aromatic N) is 4. The van der Waals surface area contributed by atoms with Gasteiger partial charge in [0.25, 0.3) is 5.91 Å². The van der Waals surface area contributed by atoms with Crippen LogP contribution in [0.3, 0.4) is 0 Å². The number of halogens is 5. The minimum absolute atomic E-state index is 0.0967. The van der Waals surface area contributed by atoms with Crippen LogP contribution in [0.5, 0.6) is 0 Å². The van der Waals surface area contributed by atoms with Crippen LogP contribution >= 0.6 is 10.2 Å². The zero-order valence-corrected chi connectivity index (χ0v) is 33.1. The van der Waals surface area contributed by atoms with E-state index in [1.807, 2.05) is 0 Å². The number of methoxy groups -OCH3 is 1. The highest BCUT2D eigenvalue weighted by atomic mass is 32.5. The summed E-state index contributed by atoms with van der Waals surface area (Å²) in [6.07, 6.45) is 2.35. The molecule has 3 aromatic rings. The van der Waals surface area contributed by atoms with Crippen molar-refractivity contribution < 1.29 is 52.8 Å². The summed E-state index contributed by atoms with van der Waals surface area (Å²) < 4.78 is 86.1. The first-order valence-electron chi connectivity index (χ1n) is 18.4. The zero-order chi connectivity index (χ0) is 41.8. The van der Waals surface area contributed by atoms with Crippen LogP contribution in [0.1, 0.15) is 70.5 Å². The number of rotatable bonds is 11. The van der Waals surface area contributed by atoms with Gasteiger partial charge in [-0.05, 0) is 82.9 Å². The third-order valence-electron chi connectivity index (χ3n) is 9.75. The fraction of sp³-hybridized carbons (Fsp3) is 0.462. The molecule has 2 aliphatic rings. The summed E-state index contributed by atoms with van der Waals surface area (Å²) in [6.45, 7) is 6.96. The molecule has 57 heavy (non-hydrogen) atoms. The van der Waals surface area contributed by atoms with Crippen LogP contribution in [0.25, 0.3) is 0 Å². The van der Waals surface area contributed by atoms with E-state index < -0.39 is 75.0 Å².